The summed E-state index contributed by atoms with van der Waals surface area (Å²) in [5, 5.41) is 7.09. The van der Waals surface area contributed by atoms with Crippen LogP contribution in [0, 0.1) is 11.3 Å². The fourth-order valence-corrected chi connectivity index (χ4v) is 3.43. The number of thioether (sulfide) groups is 1. The van der Waals surface area contributed by atoms with Gasteiger partial charge in [0.2, 0.25) is 5.91 Å². The Kier molecular flexibility index (Phi) is 4.36. The highest BCUT2D eigenvalue weighted by atomic mass is 32.2. The molecule has 2 N–H and O–H groups in total. The van der Waals surface area contributed by atoms with Crippen molar-refractivity contribution >= 4 is 17.7 Å². The van der Waals surface area contributed by atoms with Crippen LogP contribution in [0.2, 0.25) is 0 Å². The van der Waals surface area contributed by atoms with Gasteiger partial charge in [0.15, 0.2) is 0 Å². The number of piperidine rings is 1. The van der Waals surface area contributed by atoms with E-state index in [1.54, 1.807) is 0 Å². The molecular formula is C13H24N2OS. The molecule has 1 atom stereocenters. The molecule has 1 saturated heterocycles. The Morgan fingerprint density at radius 2 is 2.06 bits per heavy atom. The minimum atomic E-state index is 0.219. The molecule has 17 heavy (non-hydrogen) atoms. The molecule has 1 aliphatic carbocycles. The lowest BCUT2D eigenvalue weighted by atomic mass is 10.1. The van der Waals surface area contributed by atoms with Crippen molar-refractivity contribution in [3.05, 3.63) is 0 Å². The third-order valence-electron chi connectivity index (χ3n) is 4.00. The van der Waals surface area contributed by atoms with Crippen LogP contribution in [-0.2, 0) is 4.79 Å². The maximum atomic E-state index is 11.7. The van der Waals surface area contributed by atoms with E-state index in [9.17, 15) is 4.79 Å². The van der Waals surface area contributed by atoms with Gasteiger partial charge >= 0.3 is 0 Å². The van der Waals surface area contributed by atoms with E-state index in [2.05, 4.69) is 24.5 Å². The van der Waals surface area contributed by atoms with E-state index in [4.69, 9.17) is 0 Å². The number of nitrogens with one attached hydrogen (secondary N) is 2. The van der Waals surface area contributed by atoms with Crippen molar-refractivity contribution in [1.29, 1.82) is 0 Å². The van der Waals surface area contributed by atoms with Gasteiger partial charge in [-0.15, -0.1) is 11.8 Å². The first-order valence-electron chi connectivity index (χ1n) is 6.67. The number of carbonyl (C=O) groups excluding carboxylic acids is 1. The topological polar surface area (TPSA) is 41.1 Å². The predicted octanol–water partition coefficient (Wildman–Crippen LogP) is 1.63. The molecule has 0 aromatic carbocycles. The third-order valence-corrected chi connectivity index (χ3v) is 5.37. The van der Waals surface area contributed by atoms with Gasteiger partial charge in [-0.1, -0.05) is 13.8 Å². The zero-order valence-corrected chi connectivity index (χ0v) is 11.7. The molecule has 1 unspecified atom stereocenters. The van der Waals surface area contributed by atoms with Crippen LogP contribution in [0.4, 0.5) is 0 Å². The SMILES string of the molecule is CC1(C)CC1CNC(=O)CSC1CCNCC1. The summed E-state index contributed by atoms with van der Waals surface area (Å²) in [4.78, 5) is 11.7. The van der Waals surface area contributed by atoms with E-state index < -0.39 is 0 Å². The molecule has 0 aromatic rings. The summed E-state index contributed by atoms with van der Waals surface area (Å²) >= 11 is 1.83. The molecule has 3 nitrogen and oxygen atoms in total. The molecule has 0 aromatic heterocycles. The number of rotatable bonds is 5. The van der Waals surface area contributed by atoms with Crippen molar-refractivity contribution in [2.45, 2.75) is 38.4 Å². The second-order valence-electron chi connectivity index (χ2n) is 5.95. The van der Waals surface area contributed by atoms with Crippen LogP contribution in [0.3, 0.4) is 0 Å². The first-order valence-corrected chi connectivity index (χ1v) is 7.72. The minimum absolute atomic E-state index is 0.219. The largest absolute Gasteiger partial charge is 0.355 e. The van der Waals surface area contributed by atoms with Crippen molar-refractivity contribution in [3.63, 3.8) is 0 Å². The van der Waals surface area contributed by atoms with Gasteiger partial charge < -0.3 is 10.6 Å². The number of amides is 1. The van der Waals surface area contributed by atoms with E-state index in [1.807, 2.05) is 11.8 Å². The summed E-state index contributed by atoms with van der Waals surface area (Å²) in [5.41, 5.74) is 0.468. The lowest BCUT2D eigenvalue weighted by Gasteiger charge is -2.21. The Balaban J connectivity index is 1.54. The quantitative estimate of drug-likeness (QED) is 0.785. The molecule has 4 heteroatoms. The summed E-state index contributed by atoms with van der Waals surface area (Å²) in [5.74, 6) is 1.56. The van der Waals surface area contributed by atoms with E-state index in [-0.39, 0.29) is 5.91 Å². The molecule has 2 rings (SSSR count). The van der Waals surface area contributed by atoms with Crippen molar-refractivity contribution in [1.82, 2.24) is 10.6 Å². The fraction of sp³-hybridized carbons (Fsp3) is 0.923. The van der Waals surface area contributed by atoms with Crippen LogP contribution < -0.4 is 10.6 Å². The van der Waals surface area contributed by atoms with Gasteiger partial charge in [0.05, 0.1) is 5.75 Å². The molecular weight excluding hydrogens is 232 g/mol. The van der Waals surface area contributed by atoms with Crippen LogP contribution in [0.25, 0.3) is 0 Å². The summed E-state index contributed by atoms with van der Waals surface area (Å²) in [7, 11) is 0. The molecule has 0 bridgehead atoms. The van der Waals surface area contributed by atoms with Gasteiger partial charge in [-0.25, -0.2) is 0 Å². The normalized spacial score (nSPS) is 27.8. The van der Waals surface area contributed by atoms with Crippen LogP contribution in [0.1, 0.15) is 33.1 Å². The molecule has 0 radical (unpaired) electrons. The fourth-order valence-electron chi connectivity index (χ4n) is 2.37. The zero-order valence-electron chi connectivity index (χ0n) is 10.9. The standard InChI is InChI=1S/C13H24N2OS/c1-13(2)7-10(13)8-15-12(16)9-17-11-3-5-14-6-4-11/h10-11,14H,3-9H2,1-2H3,(H,15,16). The average Bonchev–Trinajstić information content (AvgIpc) is 2.93. The van der Waals surface area contributed by atoms with E-state index in [0.717, 1.165) is 19.6 Å². The van der Waals surface area contributed by atoms with Gasteiger partial charge in [0.1, 0.15) is 0 Å². The van der Waals surface area contributed by atoms with Gasteiger partial charge in [-0.05, 0) is 43.7 Å². The number of hydrogen-bond donors (Lipinski definition) is 2. The molecule has 1 aliphatic heterocycles. The highest BCUT2D eigenvalue weighted by Crippen LogP contribution is 2.50. The lowest BCUT2D eigenvalue weighted by molar-refractivity contribution is -0.118. The number of hydrogen-bond acceptors (Lipinski definition) is 3. The first-order chi connectivity index (χ1) is 8.08. The highest BCUT2D eigenvalue weighted by molar-refractivity contribution is 8.00. The van der Waals surface area contributed by atoms with Crippen molar-refractivity contribution < 1.29 is 4.79 Å². The minimum Gasteiger partial charge on any atom is -0.355 e. The molecule has 2 fully saturated rings. The van der Waals surface area contributed by atoms with Crippen LogP contribution in [-0.4, -0.2) is 36.5 Å². The average molecular weight is 256 g/mol. The van der Waals surface area contributed by atoms with E-state index in [0.29, 0.717) is 22.3 Å². The summed E-state index contributed by atoms with van der Waals surface area (Å²) < 4.78 is 0. The Morgan fingerprint density at radius 3 is 2.65 bits per heavy atom. The lowest BCUT2D eigenvalue weighted by Crippen LogP contribution is -2.32. The second kappa shape index (κ2) is 5.61. The second-order valence-corrected chi connectivity index (χ2v) is 7.24. The van der Waals surface area contributed by atoms with Gasteiger partial charge in [-0.2, -0.15) is 0 Å². The summed E-state index contributed by atoms with van der Waals surface area (Å²) in [6.07, 6.45) is 3.66. The van der Waals surface area contributed by atoms with Gasteiger partial charge in [0.25, 0.3) is 0 Å². The Morgan fingerprint density at radius 1 is 1.41 bits per heavy atom. The highest BCUT2D eigenvalue weighted by Gasteiger charge is 2.45. The van der Waals surface area contributed by atoms with Gasteiger partial charge in [-0.3, -0.25) is 4.79 Å². The van der Waals surface area contributed by atoms with Crippen molar-refractivity contribution in [3.8, 4) is 0 Å². The Labute approximate surface area is 108 Å². The van der Waals surface area contributed by atoms with Crippen molar-refractivity contribution in [2.75, 3.05) is 25.4 Å². The molecule has 2 aliphatic rings. The van der Waals surface area contributed by atoms with Crippen LogP contribution in [0.5, 0.6) is 0 Å². The summed E-state index contributed by atoms with van der Waals surface area (Å²) in [6.45, 7) is 7.63. The molecule has 98 valence electrons. The Hall–Kier alpha value is -0.220. The zero-order chi connectivity index (χ0) is 12.3. The molecule has 1 saturated carbocycles. The maximum Gasteiger partial charge on any atom is 0.230 e. The maximum absolute atomic E-state index is 11.7. The number of carbonyl (C=O) groups is 1. The Bertz CT molecular complexity index is 275. The first kappa shape index (κ1) is 13.2. The molecule has 0 spiro atoms. The van der Waals surface area contributed by atoms with E-state index in [1.165, 1.54) is 19.3 Å². The molecule has 1 heterocycles. The van der Waals surface area contributed by atoms with Crippen LogP contribution in [0.15, 0.2) is 0 Å². The van der Waals surface area contributed by atoms with Gasteiger partial charge in [0, 0.05) is 11.8 Å². The van der Waals surface area contributed by atoms with Crippen molar-refractivity contribution in [2.24, 2.45) is 11.3 Å². The molecule has 1 amide bonds. The monoisotopic (exact) mass is 256 g/mol. The van der Waals surface area contributed by atoms with Crippen LogP contribution >= 0.6 is 11.8 Å². The van der Waals surface area contributed by atoms with E-state index >= 15 is 0 Å². The third kappa shape index (κ3) is 4.18. The predicted molar refractivity (Wildman–Crippen MR) is 73.2 cm³/mol. The summed E-state index contributed by atoms with van der Waals surface area (Å²) in [6, 6.07) is 0. The smallest absolute Gasteiger partial charge is 0.230 e.